The summed E-state index contributed by atoms with van der Waals surface area (Å²) in [5.41, 5.74) is -0.172. The van der Waals surface area contributed by atoms with Crippen molar-refractivity contribution >= 4 is 15.9 Å². The van der Waals surface area contributed by atoms with E-state index >= 15 is 0 Å². The Kier molecular flexibility index (Phi) is 4.97. The third-order valence-corrected chi connectivity index (χ3v) is 3.79. The Morgan fingerprint density at radius 2 is 2.21 bits per heavy atom. The molecule has 1 aromatic heterocycles. The van der Waals surface area contributed by atoms with Gasteiger partial charge in [-0.15, -0.1) is 0 Å². The number of nitriles is 1. The number of hydrogen-bond acceptors (Lipinski definition) is 5. The summed E-state index contributed by atoms with van der Waals surface area (Å²) in [6.07, 6.45) is 1.39. The van der Waals surface area contributed by atoms with E-state index < -0.39 is 10.0 Å². The average Bonchev–Trinajstić information content (AvgIpc) is 2.38. The van der Waals surface area contributed by atoms with Gasteiger partial charge in [-0.3, -0.25) is 4.79 Å². The fourth-order valence-corrected chi connectivity index (χ4v) is 2.42. The Bertz CT molecular complexity index is 605. The van der Waals surface area contributed by atoms with Gasteiger partial charge < -0.3 is 4.90 Å². The van der Waals surface area contributed by atoms with Gasteiger partial charge in [-0.1, -0.05) is 0 Å². The summed E-state index contributed by atoms with van der Waals surface area (Å²) >= 11 is 0. The Morgan fingerprint density at radius 1 is 1.53 bits per heavy atom. The maximum absolute atomic E-state index is 11.9. The molecule has 0 aromatic carbocycles. The van der Waals surface area contributed by atoms with Crippen LogP contribution in [0.5, 0.6) is 0 Å². The third-order valence-electron chi connectivity index (χ3n) is 2.30. The SMILES string of the molecule is CN(C)C(=O)CCNS(=O)(=O)c1cccnc1C#N. The van der Waals surface area contributed by atoms with Crippen molar-refractivity contribution in [2.24, 2.45) is 0 Å². The van der Waals surface area contributed by atoms with Gasteiger partial charge in [-0.05, 0) is 12.1 Å². The van der Waals surface area contributed by atoms with E-state index in [-0.39, 0.29) is 29.5 Å². The first-order chi connectivity index (χ1) is 8.88. The minimum Gasteiger partial charge on any atom is -0.349 e. The van der Waals surface area contributed by atoms with Gasteiger partial charge in [0.15, 0.2) is 5.69 Å². The lowest BCUT2D eigenvalue weighted by molar-refractivity contribution is -0.128. The summed E-state index contributed by atoms with van der Waals surface area (Å²) in [6.45, 7) is -0.0287. The van der Waals surface area contributed by atoms with Gasteiger partial charge in [0, 0.05) is 33.3 Å². The van der Waals surface area contributed by atoms with E-state index in [2.05, 4.69) is 9.71 Å². The predicted octanol–water partition coefficient (Wildman–Crippen LogP) is -0.290. The number of carbonyl (C=O) groups is 1. The lowest BCUT2D eigenvalue weighted by Crippen LogP contribution is -2.30. The minimum absolute atomic E-state index is 0.0287. The molecule has 0 saturated heterocycles. The highest BCUT2D eigenvalue weighted by Gasteiger charge is 2.19. The van der Waals surface area contributed by atoms with Crippen LogP contribution in [0.4, 0.5) is 0 Å². The van der Waals surface area contributed by atoms with E-state index in [1.807, 2.05) is 0 Å². The first-order valence-corrected chi connectivity index (χ1v) is 6.91. The first-order valence-electron chi connectivity index (χ1n) is 5.43. The molecule has 0 atom stereocenters. The van der Waals surface area contributed by atoms with Crippen LogP contribution in [0.15, 0.2) is 23.2 Å². The van der Waals surface area contributed by atoms with Crippen LogP contribution < -0.4 is 4.72 Å². The Labute approximate surface area is 111 Å². The quantitative estimate of drug-likeness (QED) is 0.799. The van der Waals surface area contributed by atoms with Crippen molar-refractivity contribution in [3.63, 3.8) is 0 Å². The van der Waals surface area contributed by atoms with E-state index in [0.717, 1.165) is 0 Å². The molecule has 19 heavy (non-hydrogen) atoms. The van der Waals surface area contributed by atoms with Gasteiger partial charge in [0.1, 0.15) is 11.0 Å². The fourth-order valence-electron chi connectivity index (χ4n) is 1.29. The lowest BCUT2D eigenvalue weighted by Gasteiger charge is -2.11. The number of hydrogen-bond donors (Lipinski definition) is 1. The molecule has 1 heterocycles. The van der Waals surface area contributed by atoms with Gasteiger partial charge in [0.25, 0.3) is 0 Å². The van der Waals surface area contributed by atoms with Crippen LogP contribution in [0.1, 0.15) is 12.1 Å². The van der Waals surface area contributed by atoms with Gasteiger partial charge in [-0.2, -0.15) is 5.26 Å². The summed E-state index contributed by atoms with van der Waals surface area (Å²) in [5.74, 6) is -0.186. The molecule has 0 aliphatic rings. The first kappa shape index (κ1) is 15.1. The molecule has 7 nitrogen and oxygen atoms in total. The van der Waals surface area contributed by atoms with Crippen LogP contribution in [-0.2, 0) is 14.8 Å². The van der Waals surface area contributed by atoms with Crippen LogP contribution in [0.25, 0.3) is 0 Å². The molecule has 0 spiro atoms. The number of sulfonamides is 1. The fraction of sp³-hybridized carbons (Fsp3) is 0.364. The zero-order valence-electron chi connectivity index (χ0n) is 10.6. The van der Waals surface area contributed by atoms with Crippen molar-refractivity contribution in [2.45, 2.75) is 11.3 Å². The number of rotatable bonds is 5. The summed E-state index contributed by atoms with van der Waals surface area (Å²) in [7, 11) is -0.652. The van der Waals surface area contributed by atoms with Gasteiger partial charge >= 0.3 is 0 Å². The number of pyridine rings is 1. The summed E-state index contributed by atoms with van der Waals surface area (Å²) in [4.78, 5) is 16.2. The topological polar surface area (TPSA) is 103 Å². The summed E-state index contributed by atoms with van der Waals surface area (Å²) in [6, 6.07) is 4.44. The number of nitrogens with one attached hydrogen (secondary N) is 1. The maximum Gasteiger partial charge on any atom is 0.243 e. The molecule has 0 aliphatic carbocycles. The largest absolute Gasteiger partial charge is 0.349 e. The van der Waals surface area contributed by atoms with Gasteiger partial charge in [0.05, 0.1) is 0 Å². The van der Waals surface area contributed by atoms with Crippen LogP contribution >= 0.6 is 0 Å². The second-order valence-electron chi connectivity index (χ2n) is 3.90. The second kappa shape index (κ2) is 6.26. The standard InChI is InChI=1S/C11H14N4O3S/c1-15(2)11(16)5-7-14-19(17,18)10-4-3-6-13-9(10)8-12/h3-4,6,14H,5,7H2,1-2H3. The minimum atomic E-state index is -3.83. The molecule has 0 unspecified atom stereocenters. The van der Waals surface area contributed by atoms with E-state index in [1.54, 1.807) is 20.2 Å². The Hall–Kier alpha value is -1.98. The normalized spacial score (nSPS) is 10.8. The molecular weight excluding hydrogens is 268 g/mol. The Balaban J connectivity index is 2.78. The van der Waals surface area contributed by atoms with E-state index in [1.165, 1.54) is 23.2 Å². The molecule has 1 N–H and O–H groups in total. The maximum atomic E-state index is 11.9. The van der Waals surface area contributed by atoms with Crippen LogP contribution in [-0.4, -0.2) is 44.8 Å². The molecule has 0 aliphatic heterocycles. The third kappa shape index (κ3) is 4.01. The van der Waals surface area contributed by atoms with E-state index in [9.17, 15) is 13.2 Å². The Morgan fingerprint density at radius 3 is 2.79 bits per heavy atom. The highest BCUT2D eigenvalue weighted by atomic mass is 32.2. The number of nitrogens with zero attached hydrogens (tertiary/aromatic N) is 3. The predicted molar refractivity (Wildman–Crippen MR) is 67.5 cm³/mol. The summed E-state index contributed by atoms with van der Waals surface area (Å²) < 4.78 is 26.1. The monoisotopic (exact) mass is 282 g/mol. The van der Waals surface area contributed by atoms with Crippen molar-refractivity contribution in [1.82, 2.24) is 14.6 Å². The highest BCUT2D eigenvalue weighted by Crippen LogP contribution is 2.11. The van der Waals surface area contributed by atoms with Crippen molar-refractivity contribution in [3.05, 3.63) is 24.0 Å². The molecule has 0 saturated carbocycles. The number of aromatic nitrogens is 1. The van der Waals surface area contributed by atoms with Gasteiger partial charge in [0.2, 0.25) is 15.9 Å². The molecule has 1 rings (SSSR count). The van der Waals surface area contributed by atoms with E-state index in [0.29, 0.717) is 0 Å². The van der Waals surface area contributed by atoms with Crippen LogP contribution in [0, 0.1) is 11.3 Å². The van der Waals surface area contributed by atoms with Crippen molar-refractivity contribution in [3.8, 4) is 6.07 Å². The van der Waals surface area contributed by atoms with E-state index in [4.69, 9.17) is 5.26 Å². The molecule has 102 valence electrons. The molecular formula is C11H14N4O3S. The zero-order chi connectivity index (χ0) is 14.5. The number of amides is 1. The summed E-state index contributed by atoms with van der Waals surface area (Å²) in [5, 5.41) is 8.80. The van der Waals surface area contributed by atoms with Crippen molar-refractivity contribution in [1.29, 1.82) is 5.26 Å². The van der Waals surface area contributed by atoms with Crippen molar-refractivity contribution < 1.29 is 13.2 Å². The molecule has 1 amide bonds. The molecule has 0 fully saturated rings. The van der Waals surface area contributed by atoms with Crippen molar-refractivity contribution in [2.75, 3.05) is 20.6 Å². The lowest BCUT2D eigenvalue weighted by atomic mass is 10.4. The van der Waals surface area contributed by atoms with Gasteiger partial charge in [-0.25, -0.2) is 18.1 Å². The smallest absolute Gasteiger partial charge is 0.243 e. The molecule has 8 heteroatoms. The number of carbonyl (C=O) groups excluding carboxylic acids is 1. The van der Waals surface area contributed by atoms with Crippen LogP contribution in [0.2, 0.25) is 0 Å². The molecule has 0 bridgehead atoms. The molecule has 0 radical (unpaired) electrons. The second-order valence-corrected chi connectivity index (χ2v) is 5.63. The zero-order valence-corrected chi connectivity index (χ0v) is 11.4. The highest BCUT2D eigenvalue weighted by molar-refractivity contribution is 7.89. The van der Waals surface area contributed by atoms with Crippen LogP contribution in [0.3, 0.4) is 0 Å². The molecule has 1 aromatic rings. The average molecular weight is 282 g/mol.